The van der Waals surface area contributed by atoms with E-state index in [0.29, 0.717) is 21.6 Å². The van der Waals surface area contributed by atoms with Crippen molar-refractivity contribution in [2.75, 3.05) is 19.6 Å². The third-order valence-corrected chi connectivity index (χ3v) is 7.66. The predicted octanol–water partition coefficient (Wildman–Crippen LogP) is 3.30. The van der Waals surface area contributed by atoms with Crippen LogP contribution in [0.25, 0.3) is 0 Å². The topological polar surface area (TPSA) is 40.6 Å². The Morgan fingerprint density at radius 2 is 1.91 bits per heavy atom. The van der Waals surface area contributed by atoms with Gasteiger partial charge in [-0.05, 0) is 24.6 Å². The molecule has 0 spiro atoms. The van der Waals surface area contributed by atoms with Crippen molar-refractivity contribution in [1.29, 1.82) is 0 Å². The summed E-state index contributed by atoms with van der Waals surface area (Å²) >= 11 is 6.99. The molecule has 1 aliphatic rings. The zero-order valence-corrected chi connectivity index (χ0v) is 15.2. The first kappa shape index (κ1) is 16.9. The Labute approximate surface area is 146 Å². The second-order valence-electron chi connectivity index (χ2n) is 5.73. The van der Waals surface area contributed by atoms with Crippen LogP contribution in [-0.2, 0) is 16.6 Å². The lowest BCUT2D eigenvalue weighted by Gasteiger charge is -2.39. The van der Waals surface area contributed by atoms with E-state index in [2.05, 4.69) is 24.0 Å². The van der Waals surface area contributed by atoms with Gasteiger partial charge in [0.1, 0.15) is 4.21 Å². The Kier molecular flexibility index (Phi) is 5.08. The number of thiophene rings is 1. The quantitative estimate of drug-likeness (QED) is 0.829. The summed E-state index contributed by atoms with van der Waals surface area (Å²) in [6.07, 6.45) is 0. The van der Waals surface area contributed by atoms with Gasteiger partial charge in [-0.15, -0.1) is 11.3 Å². The van der Waals surface area contributed by atoms with Gasteiger partial charge in [-0.3, -0.25) is 4.90 Å². The summed E-state index contributed by atoms with van der Waals surface area (Å²) in [5.74, 6) is 0. The minimum Gasteiger partial charge on any atom is -0.294 e. The predicted molar refractivity (Wildman–Crippen MR) is 94.4 cm³/mol. The largest absolute Gasteiger partial charge is 0.294 e. The molecule has 0 bridgehead atoms. The highest BCUT2D eigenvalue weighted by molar-refractivity contribution is 7.91. The first-order valence-electron chi connectivity index (χ1n) is 7.50. The third-order valence-electron chi connectivity index (χ3n) is 4.10. The average Bonchev–Trinajstić information content (AvgIpc) is 2.97. The number of sulfonamides is 1. The molecular weight excluding hydrogens is 352 g/mol. The first-order chi connectivity index (χ1) is 11.0. The third kappa shape index (κ3) is 3.78. The van der Waals surface area contributed by atoms with E-state index in [4.69, 9.17) is 11.6 Å². The molecule has 0 aliphatic carbocycles. The van der Waals surface area contributed by atoms with Crippen LogP contribution in [0.5, 0.6) is 0 Å². The molecule has 0 amide bonds. The molecule has 1 aliphatic heterocycles. The lowest BCUT2D eigenvalue weighted by atomic mass is 10.1. The molecule has 1 aromatic heterocycles. The molecule has 1 fully saturated rings. The molecule has 0 radical (unpaired) electrons. The fourth-order valence-electron chi connectivity index (χ4n) is 2.80. The molecule has 1 unspecified atom stereocenters. The molecule has 1 aromatic carbocycles. The molecule has 4 nitrogen and oxygen atoms in total. The van der Waals surface area contributed by atoms with E-state index in [1.54, 1.807) is 16.4 Å². The smallest absolute Gasteiger partial charge is 0.252 e. The Morgan fingerprint density at radius 3 is 2.52 bits per heavy atom. The highest BCUT2D eigenvalue weighted by Gasteiger charge is 2.33. The highest BCUT2D eigenvalue weighted by Crippen LogP contribution is 2.29. The molecule has 1 atom stereocenters. The summed E-state index contributed by atoms with van der Waals surface area (Å²) in [6, 6.07) is 13.7. The Balaban J connectivity index is 1.69. The van der Waals surface area contributed by atoms with E-state index in [1.165, 1.54) is 5.56 Å². The van der Waals surface area contributed by atoms with Gasteiger partial charge >= 0.3 is 0 Å². The lowest BCUT2D eigenvalue weighted by Crippen LogP contribution is -2.52. The van der Waals surface area contributed by atoms with Crippen LogP contribution < -0.4 is 0 Å². The monoisotopic (exact) mass is 370 g/mol. The number of rotatable bonds is 4. The highest BCUT2D eigenvalue weighted by atomic mass is 35.5. The fraction of sp³-hybridized carbons (Fsp3) is 0.375. The first-order valence-corrected chi connectivity index (χ1v) is 10.1. The minimum atomic E-state index is -3.43. The number of hydrogen-bond acceptors (Lipinski definition) is 4. The maximum atomic E-state index is 12.7. The molecule has 7 heteroatoms. The van der Waals surface area contributed by atoms with Crippen LogP contribution in [0.15, 0.2) is 46.7 Å². The zero-order valence-electron chi connectivity index (χ0n) is 12.9. The SMILES string of the molecule is CC1CN(S(=O)(=O)c2ccc(Cl)s2)CCN1Cc1ccccc1. The fourth-order valence-corrected chi connectivity index (χ4v) is 5.95. The molecule has 124 valence electrons. The summed E-state index contributed by atoms with van der Waals surface area (Å²) < 4.78 is 27.7. The van der Waals surface area contributed by atoms with Gasteiger partial charge in [-0.2, -0.15) is 4.31 Å². The number of halogens is 1. The summed E-state index contributed by atoms with van der Waals surface area (Å²) in [6.45, 7) is 4.67. The summed E-state index contributed by atoms with van der Waals surface area (Å²) in [5.41, 5.74) is 1.25. The van der Waals surface area contributed by atoms with Crippen LogP contribution in [0.4, 0.5) is 0 Å². The number of hydrogen-bond donors (Lipinski definition) is 0. The van der Waals surface area contributed by atoms with Gasteiger partial charge in [0, 0.05) is 32.2 Å². The molecule has 0 N–H and O–H groups in total. The Hall–Kier alpha value is -0.920. The van der Waals surface area contributed by atoms with Crippen LogP contribution in [0.3, 0.4) is 0 Å². The van der Waals surface area contributed by atoms with Crippen molar-refractivity contribution >= 4 is 33.0 Å². The zero-order chi connectivity index (χ0) is 16.4. The molecule has 2 aromatic rings. The van der Waals surface area contributed by atoms with Crippen molar-refractivity contribution in [3.05, 3.63) is 52.4 Å². The van der Waals surface area contributed by atoms with Crippen LogP contribution in [0.1, 0.15) is 12.5 Å². The van der Waals surface area contributed by atoms with E-state index in [0.717, 1.165) is 24.4 Å². The summed E-state index contributed by atoms with van der Waals surface area (Å²) in [7, 11) is -3.43. The molecule has 3 rings (SSSR count). The van der Waals surface area contributed by atoms with Gasteiger partial charge in [0.05, 0.1) is 4.34 Å². The Morgan fingerprint density at radius 1 is 1.17 bits per heavy atom. The number of piperazine rings is 1. The molecule has 23 heavy (non-hydrogen) atoms. The maximum Gasteiger partial charge on any atom is 0.252 e. The molecular formula is C16H19ClN2O2S2. The summed E-state index contributed by atoms with van der Waals surface area (Å²) in [4.78, 5) is 2.32. The van der Waals surface area contributed by atoms with Crippen LogP contribution >= 0.6 is 22.9 Å². The molecule has 0 saturated carbocycles. The van der Waals surface area contributed by atoms with Gasteiger partial charge < -0.3 is 0 Å². The van der Waals surface area contributed by atoms with E-state index in [9.17, 15) is 8.42 Å². The van der Waals surface area contributed by atoms with Crippen LogP contribution in [0.2, 0.25) is 4.34 Å². The molecule has 1 saturated heterocycles. The Bertz CT molecular complexity index is 761. The van der Waals surface area contributed by atoms with E-state index in [1.807, 2.05) is 18.2 Å². The second kappa shape index (κ2) is 6.91. The van der Waals surface area contributed by atoms with Crippen molar-refractivity contribution in [3.8, 4) is 0 Å². The minimum absolute atomic E-state index is 0.175. The number of nitrogens with zero attached hydrogens (tertiary/aromatic N) is 2. The summed E-state index contributed by atoms with van der Waals surface area (Å²) in [5, 5.41) is 0. The second-order valence-corrected chi connectivity index (χ2v) is 9.61. The van der Waals surface area contributed by atoms with Gasteiger partial charge in [0.25, 0.3) is 10.0 Å². The van der Waals surface area contributed by atoms with Gasteiger partial charge in [-0.25, -0.2) is 8.42 Å². The van der Waals surface area contributed by atoms with Crippen molar-refractivity contribution in [2.24, 2.45) is 0 Å². The van der Waals surface area contributed by atoms with Crippen molar-refractivity contribution in [3.63, 3.8) is 0 Å². The van der Waals surface area contributed by atoms with E-state index >= 15 is 0 Å². The normalized spacial score (nSPS) is 20.7. The van der Waals surface area contributed by atoms with Gasteiger partial charge in [0.15, 0.2) is 0 Å². The lowest BCUT2D eigenvalue weighted by molar-refractivity contribution is 0.122. The van der Waals surface area contributed by atoms with E-state index in [-0.39, 0.29) is 6.04 Å². The van der Waals surface area contributed by atoms with Crippen molar-refractivity contribution in [1.82, 2.24) is 9.21 Å². The molecule has 2 heterocycles. The number of benzene rings is 1. The van der Waals surface area contributed by atoms with Crippen LogP contribution in [0, 0.1) is 0 Å². The van der Waals surface area contributed by atoms with Crippen LogP contribution in [-0.4, -0.2) is 43.3 Å². The van der Waals surface area contributed by atoms with Crippen molar-refractivity contribution in [2.45, 2.75) is 23.7 Å². The van der Waals surface area contributed by atoms with Crippen molar-refractivity contribution < 1.29 is 8.42 Å². The standard InChI is InChI=1S/C16H19ClN2O2S2/c1-13-11-19(23(20,21)16-8-7-15(17)22-16)10-9-18(13)12-14-5-3-2-4-6-14/h2-8,13H,9-12H2,1H3. The average molecular weight is 371 g/mol. The van der Waals surface area contributed by atoms with E-state index < -0.39 is 10.0 Å². The van der Waals surface area contributed by atoms with Gasteiger partial charge in [0.2, 0.25) is 0 Å². The van der Waals surface area contributed by atoms with Gasteiger partial charge in [-0.1, -0.05) is 41.9 Å². The maximum absolute atomic E-state index is 12.7.